The maximum absolute atomic E-state index is 12.3. The van der Waals surface area contributed by atoms with Gasteiger partial charge in [-0.25, -0.2) is 5.43 Å². The molecule has 3 aromatic rings. The van der Waals surface area contributed by atoms with Crippen molar-refractivity contribution in [1.29, 1.82) is 0 Å². The van der Waals surface area contributed by atoms with Crippen molar-refractivity contribution in [2.75, 3.05) is 18.6 Å². The predicted molar refractivity (Wildman–Crippen MR) is 91.1 cm³/mol. The molecule has 26 heavy (non-hydrogen) atoms. The molecule has 2 N–H and O–H groups in total. The Kier molecular flexibility index (Phi) is 4.28. The lowest BCUT2D eigenvalue weighted by Crippen LogP contribution is -2.29. The molecule has 1 aromatic carbocycles. The first-order chi connectivity index (χ1) is 12.7. The van der Waals surface area contributed by atoms with Crippen molar-refractivity contribution in [2.24, 2.45) is 0 Å². The predicted octanol–water partition coefficient (Wildman–Crippen LogP) is 2.31. The van der Waals surface area contributed by atoms with Gasteiger partial charge in [0.15, 0.2) is 11.5 Å². The number of ether oxygens (including phenoxy) is 2. The molecule has 0 saturated carbocycles. The number of aromatic nitrogens is 3. The smallest absolute Gasteiger partial charge is 0.340 e. The van der Waals surface area contributed by atoms with E-state index in [0.29, 0.717) is 41.1 Å². The SMILES string of the molecule is O=C(NNc1nc(-c2ccncc2)no1)c1cc(Cl)c2c(c1)OCCO2. The van der Waals surface area contributed by atoms with Crippen LogP contribution >= 0.6 is 11.6 Å². The zero-order valence-corrected chi connectivity index (χ0v) is 14.0. The lowest BCUT2D eigenvalue weighted by Gasteiger charge is -2.20. The maximum Gasteiger partial charge on any atom is 0.340 e. The highest BCUT2D eigenvalue weighted by atomic mass is 35.5. The van der Waals surface area contributed by atoms with Crippen LogP contribution in [0.15, 0.2) is 41.2 Å². The molecule has 0 atom stereocenters. The number of pyridine rings is 1. The zero-order valence-electron chi connectivity index (χ0n) is 13.2. The summed E-state index contributed by atoms with van der Waals surface area (Å²) in [6.45, 7) is 0.809. The molecule has 132 valence electrons. The molecule has 10 heteroatoms. The monoisotopic (exact) mass is 373 g/mol. The largest absolute Gasteiger partial charge is 0.486 e. The van der Waals surface area contributed by atoms with E-state index in [-0.39, 0.29) is 6.01 Å². The van der Waals surface area contributed by atoms with Gasteiger partial charge in [0, 0.05) is 23.5 Å². The fraction of sp³-hybridized carbons (Fsp3) is 0.125. The van der Waals surface area contributed by atoms with E-state index < -0.39 is 5.91 Å². The second-order valence-electron chi connectivity index (χ2n) is 5.22. The fourth-order valence-electron chi connectivity index (χ4n) is 2.32. The number of fused-ring (bicyclic) bond motifs is 1. The van der Waals surface area contributed by atoms with Crippen LogP contribution in [-0.2, 0) is 0 Å². The van der Waals surface area contributed by atoms with Crippen LogP contribution in [0.4, 0.5) is 6.01 Å². The lowest BCUT2D eigenvalue weighted by atomic mass is 10.2. The molecule has 0 aliphatic carbocycles. The summed E-state index contributed by atoms with van der Waals surface area (Å²) >= 11 is 6.13. The minimum Gasteiger partial charge on any atom is -0.486 e. The quantitative estimate of drug-likeness (QED) is 0.670. The summed E-state index contributed by atoms with van der Waals surface area (Å²) in [5.74, 6) is 0.770. The molecule has 2 aromatic heterocycles. The first-order valence-corrected chi connectivity index (χ1v) is 7.98. The van der Waals surface area contributed by atoms with Crippen LogP contribution in [0.3, 0.4) is 0 Å². The van der Waals surface area contributed by atoms with Crippen LogP contribution in [0.2, 0.25) is 5.02 Å². The van der Waals surface area contributed by atoms with E-state index in [1.165, 1.54) is 6.07 Å². The van der Waals surface area contributed by atoms with Crippen LogP contribution in [0.5, 0.6) is 11.5 Å². The molecule has 1 aliphatic heterocycles. The molecule has 1 aliphatic rings. The molecule has 1 amide bonds. The van der Waals surface area contributed by atoms with Gasteiger partial charge >= 0.3 is 6.01 Å². The van der Waals surface area contributed by atoms with E-state index in [0.717, 1.165) is 5.56 Å². The highest BCUT2D eigenvalue weighted by Gasteiger charge is 2.19. The minimum absolute atomic E-state index is 0.0359. The van der Waals surface area contributed by atoms with Crippen molar-refractivity contribution in [3.8, 4) is 22.9 Å². The van der Waals surface area contributed by atoms with Crippen molar-refractivity contribution in [1.82, 2.24) is 20.6 Å². The third kappa shape index (κ3) is 3.24. The summed E-state index contributed by atoms with van der Waals surface area (Å²) in [4.78, 5) is 20.4. The van der Waals surface area contributed by atoms with E-state index >= 15 is 0 Å². The van der Waals surface area contributed by atoms with Gasteiger partial charge in [-0.1, -0.05) is 16.8 Å². The average molecular weight is 374 g/mol. The summed E-state index contributed by atoms with van der Waals surface area (Å²) in [5, 5.41) is 4.12. The first kappa shape index (κ1) is 16.2. The normalized spacial score (nSPS) is 12.5. The van der Waals surface area contributed by atoms with Crippen molar-refractivity contribution < 1.29 is 18.8 Å². The van der Waals surface area contributed by atoms with Gasteiger partial charge in [0.1, 0.15) is 13.2 Å². The maximum atomic E-state index is 12.3. The van der Waals surface area contributed by atoms with Gasteiger partial charge in [-0.2, -0.15) is 4.98 Å². The third-order valence-electron chi connectivity index (χ3n) is 3.51. The topological polar surface area (TPSA) is 111 Å². The van der Waals surface area contributed by atoms with Gasteiger partial charge in [-0.15, -0.1) is 0 Å². The van der Waals surface area contributed by atoms with Gasteiger partial charge < -0.3 is 14.0 Å². The summed E-state index contributed by atoms with van der Waals surface area (Å²) in [6, 6.07) is 6.55. The number of hydrogen-bond acceptors (Lipinski definition) is 8. The zero-order chi connectivity index (χ0) is 17.9. The first-order valence-electron chi connectivity index (χ1n) is 7.60. The number of hydrogen-bond donors (Lipinski definition) is 2. The second-order valence-corrected chi connectivity index (χ2v) is 5.63. The Hall–Kier alpha value is -3.33. The molecule has 0 bridgehead atoms. The van der Waals surface area contributed by atoms with Gasteiger partial charge in [-0.3, -0.25) is 15.2 Å². The van der Waals surface area contributed by atoms with Gasteiger partial charge in [0.2, 0.25) is 5.82 Å². The number of nitrogens with one attached hydrogen (secondary N) is 2. The Bertz CT molecular complexity index is 947. The van der Waals surface area contributed by atoms with Gasteiger partial charge in [-0.05, 0) is 24.3 Å². The molecule has 4 rings (SSSR count). The van der Waals surface area contributed by atoms with E-state index in [9.17, 15) is 4.79 Å². The van der Waals surface area contributed by atoms with Crippen molar-refractivity contribution >= 4 is 23.5 Å². The summed E-state index contributed by atoms with van der Waals surface area (Å²) < 4.78 is 15.9. The third-order valence-corrected chi connectivity index (χ3v) is 3.79. The molecule has 3 heterocycles. The summed E-state index contributed by atoms with van der Waals surface area (Å²) in [6.07, 6.45) is 3.23. The Morgan fingerprint density at radius 3 is 2.81 bits per heavy atom. The highest BCUT2D eigenvalue weighted by molar-refractivity contribution is 6.32. The minimum atomic E-state index is -0.451. The average Bonchev–Trinajstić information content (AvgIpc) is 3.16. The van der Waals surface area contributed by atoms with Gasteiger partial charge in [0.25, 0.3) is 5.91 Å². The molecular weight excluding hydrogens is 362 g/mol. The van der Waals surface area contributed by atoms with Crippen LogP contribution in [0.25, 0.3) is 11.4 Å². The Balaban J connectivity index is 1.45. The number of benzene rings is 1. The molecule has 0 spiro atoms. The number of carbonyl (C=O) groups is 1. The number of nitrogens with zero attached hydrogens (tertiary/aromatic N) is 3. The van der Waals surface area contributed by atoms with E-state index in [2.05, 4.69) is 26.0 Å². The van der Waals surface area contributed by atoms with Gasteiger partial charge in [0.05, 0.1) is 5.02 Å². The summed E-state index contributed by atoms with van der Waals surface area (Å²) in [5.41, 5.74) is 6.05. The molecular formula is C16H12ClN5O4. The number of halogens is 1. The lowest BCUT2D eigenvalue weighted by molar-refractivity contribution is 0.0959. The molecule has 0 fully saturated rings. The van der Waals surface area contributed by atoms with Crippen LogP contribution in [0, 0.1) is 0 Å². The Labute approximate surface area is 152 Å². The number of anilines is 1. The van der Waals surface area contributed by atoms with Crippen molar-refractivity contribution in [2.45, 2.75) is 0 Å². The summed E-state index contributed by atoms with van der Waals surface area (Å²) in [7, 11) is 0. The van der Waals surface area contributed by atoms with Crippen LogP contribution < -0.4 is 20.3 Å². The van der Waals surface area contributed by atoms with Crippen molar-refractivity contribution in [3.63, 3.8) is 0 Å². The number of hydrazine groups is 1. The standard InChI is InChI=1S/C16H12ClN5O4/c17-11-7-10(8-12-13(11)25-6-5-24-12)15(23)20-21-16-19-14(22-26-16)9-1-3-18-4-2-9/h1-4,7-8H,5-6H2,(H,20,23)(H,19,21,22). The number of carbonyl (C=O) groups excluding carboxylic acids is 1. The molecule has 0 saturated heterocycles. The van der Waals surface area contributed by atoms with Crippen LogP contribution in [0.1, 0.15) is 10.4 Å². The van der Waals surface area contributed by atoms with E-state index in [4.69, 9.17) is 25.6 Å². The molecule has 9 nitrogen and oxygen atoms in total. The van der Waals surface area contributed by atoms with Crippen LogP contribution in [-0.4, -0.2) is 34.2 Å². The fourth-order valence-corrected chi connectivity index (χ4v) is 2.58. The molecule has 0 unspecified atom stereocenters. The number of amides is 1. The second kappa shape index (κ2) is 6.89. The van der Waals surface area contributed by atoms with Crippen molar-refractivity contribution in [3.05, 3.63) is 47.2 Å². The number of rotatable bonds is 4. The molecule has 0 radical (unpaired) electrons. The Morgan fingerprint density at radius 1 is 1.15 bits per heavy atom. The van der Waals surface area contributed by atoms with E-state index in [1.54, 1.807) is 30.6 Å². The highest BCUT2D eigenvalue weighted by Crippen LogP contribution is 2.38. The van der Waals surface area contributed by atoms with E-state index in [1.807, 2.05) is 0 Å². The Morgan fingerprint density at radius 2 is 1.96 bits per heavy atom.